The quantitative estimate of drug-likeness (QED) is 0.496. The molecule has 2 saturated carbocycles. The first-order valence-electron chi connectivity index (χ1n) is 7.16. The molecule has 0 heterocycles. The molecule has 3 atom stereocenters. The summed E-state index contributed by atoms with van der Waals surface area (Å²) < 4.78 is 0. The van der Waals surface area contributed by atoms with Crippen LogP contribution < -0.4 is 10.7 Å². The van der Waals surface area contributed by atoms with Gasteiger partial charge in [0.05, 0.1) is 16.3 Å². The van der Waals surface area contributed by atoms with E-state index in [0.29, 0.717) is 21.2 Å². The van der Waals surface area contributed by atoms with E-state index in [-0.39, 0.29) is 0 Å². The Bertz CT molecular complexity index is 576. The molecule has 1 aromatic carbocycles. The van der Waals surface area contributed by atoms with Crippen LogP contribution in [-0.4, -0.2) is 17.4 Å². The Kier molecular flexibility index (Phi) is 4.67. The van der Waals surface area contributed by atoms with Crippen LogP contribution in [0.25, 0.3) is 0 Å². The number of hydrogen-bond donors (Lipinski definition) is 2. The highest BCUT2D eigenvalue weighted by Gasteiger charge is 2.39. The topological polar surface area (TPSA) is 36.4 Å². The fourth-order valence-electron chi connectivity index (χ4n) is 3.38. The van der Waals surface area contributed by atoms with E-state index >= 15 is 0 Å². The summed E-state index contributed by atoms with van der Waals surface area (Å²) in [6.07, 6.45) is 6.99. The fraction of sp³-hybridized carbons (Fsp3) is 0.467. The van der Waals surface area contributed by atoms with Gasteiger partial charge in [-0.15, -0.1) is 0 Å². The van der Waals surface area contributed by atoms with Crippen LogP contribution in [-0.2, 0) is 0 Å². The largest absolute Gasteiger partial charge is 0.358 e. The van der Waals surface area contributed by atoms with E-state index in [0.717, 1.165) is 17.4 Å². The number of thiocarbonyl (C=S) groups is 1. The van der Waals surface area contributed by atoms with Crippen molar-refractivity contribution in [3.8, 4) is 0 Å². The van der Waals surface area contributed by atoms with E-state index in [2.05, 4.69) is 15.8 Å². The Morgan fingerprint density at radius 3 is 2.76 bits per heavy atom. The molecule has 0 aromatic heterocycles. The first kappa shape index (κ1) is 15.1. The number of benzene rings is 1. The van der Waals surface area contributed by atoms with Gasteiger partial charge in [-0.25, -0.2) is 0 Å². The summed E-state index contributed by atoms with van der Waals surface area (Å²) in [5, 5.41) is 9.15. The number of nitrogens with one attached hydrogen (secondary N) is 2. The summed E-state index contributed by atoms with van der Waals surface area (Å²) in [5.41, 5.74) is 3.74. The van der Waals surface area contributed by atoms with Gasteiger partial charge in [-0.1, -0.05) is 35.7 Å². The Hall–Kier alpha value is -0.840. The zero-order valence-electron chi connectivity index (χ0n) is 11.5. The number of halogens is 2. The van der Waals surface area contributed by atoms with E-state index < -0.39 is 0 Å². The maximum absolute atomic E-state index is 5.95. The average Bonchev–Trinajstić information content (AvgIpc) is 3.05. The lowest BCUT2D eigenvalue weighted by atomic mass is 9.96. The van der Waals surface area contributed by atoms with Crippen LogP contribution in [0, 0.1) is 11.8 Å². The summed E-state index contributed by atoms with van der Waals surface area (Å²) in [6.45, 7) is 0. The second-order valence-corrected chi connectivity index (χ2v) is 7.02. The Morgan fingerprint density at radius 1 is 1.24 bits per heavy atom. The third-order valence-corrected chi connectivity index (χ3v) is 5.33. The third-order valence-electron chi connectivity index (χ3n) is 4.38. The lowest BCUT2D eigenvalue weighted by Crippen LogP contribution is -2.42. The van der Waals surface area contributed by atoms with Gasteiger partial charge in [-0.05, 0) is 61.0 Å². The molecule has 0 amide bonds. The first-order chi connectivity index (χ1) is 10.1. The lowest BCUT2D eigenvalue weighted by Gasteiger charge is -2.23. The van der Waals surface area contributed by atoms with Crippen molar-refractivity contribution >= 4 is 46.7 Å². The molecule has 2 bridgehead atoms. The van der Waals surface area contributed by atoms with Gasteiger partial charge in [0.2, 0.25) is 0 Å². The van der Waals surface area contributed by atoms with Crippen LogP contribution in [0.5, 0.6) is 0 Å². The zero-order chi connectivity index (χ0) is 14.8. The van der Waals surface area contributed by atoms with E-state index in [4.69, 9.17) is 35.4 Å². The lowest BCUT2D eigenvalue weighted by molar-refractivity contribution is 0.389. The maximum Gasteiger partial charge on any atom is 0.187 e. The summed E-state index contributed by atoms with van der Waals surface area (Å²) in [6, 6.07) is 5.88. The molecule has 2 N–H and O–H groups in total. The minimum absolute atomic E-state index is 0.517. The molecule has 6 heteroatoms. The zero-order valence-corrected chi connectivity index (χ0v) is 13.8. The van der Waals surface area contributed by atoms with Crippen molar-refractivity contribution in [2.24, 2.45) is 16.9 Å². The molecular formula is C15H17Cl2N3S. The highest BCUT2D eigenvalue weighted by atomic mass is 35.5. The standard InChI is InChI=1S/C15H17Cl2N3S/c16-12-4-2-10(6-13(12)17)8-18-20-15(21)19-14-7-9-1-3-11(14)5-9/h2,4,6,8-9,11,14H,1,3,5,7H2,(H2,19,20,21). The monoisotopic (exact) mass is 341 g/mol. The molecule has 2 fully saturated rings. The van der Waals surface area contributed by atoms with Crippen molar-refractivity contribution in [1.29, 1.82) is 0 Å². The molecule has 3 unspecified atom stereocenters. The van der Waals surface area contributed by atoms with E-state index in [1.54, 1.807) is 18.3 Å². The van der Waals surface area contributed by atoms with Gasteiger partial charge < -0.3 is 5.32 Å². The molecular weight excluding hydrogens is 325 g/mol. The van der Waals surface area contributed by atoms with Crippen molar-refractivity contribution in [2.75, 3.05) is 0 Å². The van der Waals surface area contributed by atoms with Crippen LogP contribution in [0.4, 0.5) is 0 Å². The first-order valence-corrected chi connectivity index (χ1v) is 8.33. The van der Waals surface area contributed by atoms with Crippen molar-refractivity contribution in [3.05, 3.63) is 33.8 Å². The number of hydrogen-bond acceptors (Lipinski definition) is 2. The van der Waals surface area contributed by atoms with Gasteiger partial charge in [0.25, 0.3) is 0 Å². The molecule has 2 aliphatic carbocycles. The van der Waals surface area contributed by atoms with Gasteiger partial charge in [0.1, 0.15) is 0 Å². The minimum Gasteiger partial charge on any atom is -0.358 e. The number of fused-ring (bicyclic) bond motifs is 2. The van der Waals surface area contributed by atoms with Gasteiger partial charge in [0.15, 0.2) is 5.11 Å². The van der Waals surface area contributed by atoms with Crippen molar-refractivity contribution < 1.29 is 0 Å². The third kappa shape index (κ3) is 3.68. The van der Waals surface area contributed by atoms with Gasteiger partial charge in [0, 0.05) is 6.04 Å². The minimum atomic E-state index is 0.517. The van der Waals surface area contributed by atoms with Crippen LogP contribution in [0.3, 0.4) is 0 Å². The van der Waals surface area contributed by atoms with Crippen molar-refractivity contribution in [2.45, 2.75) is 31.7 Å². The maximum atomic E-state index is 5.95. The molecule has 0 spiro atoms. The Morgan fingerprint density at radius 2 is 2.10 bits per heavy atom. The molecule has 112 valence electrons. The second kappa shape index (κ2) is 6.51. The SMILES string of the molecule is S=C(NN=Cc1ccc(Cl)c(Cl)c1)NC1CC2CCC1C2. The smallest absolute Gasteiger partial charge is 0.187 e. The molecule has 0 saturated heterocycles. The van der Waals surface area contributed by atoms with Crippen molar-refractivity contribution in [3.63, 3.8) is 0 Å². The van der Waals surface area contributed by atoms with Crippen LogP contribution >= 0.6 is 35.4 Å². The summed E-state index contributed by atoms with van der Waals surface area (Å²) in [4.78, 5) is 0. The van der Waals surface area contributed by atoms with Crippen LogP contribution in [0.1, 0.15) is 31.2 Å². The van der Waals surface area contributed by atoms with Gasteiger partial charge in [-0.2, -0.15) is 5.10 Å². The normalized spacial score (nSPS) is 27.2. The molecule has 21 heavy (non-hydrogen) atoms. The molecule has 3 rings (SSSR count). The fourth-order valence-corrected chi connectivity index (χ4v) is 3.89. The molecule has 0 aliphatic heterocycles. The van der Waals surface area contributed by atoms with Crippen LogP contribution in [0.2, 0.25) is 10.0 Å². The summed E-state index contributed by atoms with van der Waals surface area (Å²) in [7, 11) is 0. The molecule has 1 aromatic rings. The van der Waals surface area contributed by atoms with E-state index in [9.17, 15) is 0 Å². The number of rotatable bonds is 3. The van der Waals surface area contributed by atoms with Crippen molar-refractivity contribution in [1.82, 2.24) is 10.7 Å². The highest BCUT2D eigenvalue weighted by molar-refractivity contribution is 7.80. The van der Waals surface area contributed by atoms with E-state index in [1.807, 2.05) is 6.07 Å². The molecule has 3 nitrogen and oxygen atoms in total. The Balaban J connectivity index is 1.49. The summed E-state index contributed by atoms with van der Waals surface area (Å²) >= 11 is 17.1. The Labute approximate surface area is 140 Å². The average molecular weight is 342 g/mol. The second-order valence-electron chi connectivity index (χ2n) is 5.80. The van der Waals surface area contributed by atoms with E-state index in [1.165, 1.54) is 25.7 Å². The predicted octanol–water partition coefficient (Wildman–Crippen LogP) is 3.98. The number of hydrazone groups is 1. The molecule has 0 radical (unpaired) electrons. The predicted molar refractivity (Wildman–Crippen MR) is 92.2 cm³/mol. The van der Waals surface area contributed by atoms with Gasteiger partial charge in [-0.3, -0.25) is 5.43 Å². The van der Waals surface area contributed by atoms with Crippen LogP contribution in [0.15, 0.2) is 23.3 Å². The van der Waals surface area contributed by atoms with Gasteiger partial charge >= 0.3 is 0 Å². The summed E-state index contributed by atoms with van der Waals surface area (Å²) in [5.74, 6) is 1.68. The highest BCUT2D eigenvalue weighted by Crippen LogP contribution is 2.44. The number of nitrogens with zero attached hydrogens (tertiary/aromatic N) is 1. The molecule has 2 aliphatic rings.